The van der Waals surface area contributed by atoms with Crippen molar-refractivity contribution in [3.63, 3.8) is 0 Å². The molecule has 4 nitrogen and oxygen atoms in total. The lowest BCUT2D eigenvalue weighted by Crippen LogP contribution is -2.11. The zero-order chi connectivity index (χ0) is 13.1. The average Bonchev–Trinajstić information content (AvgIpc) is 2.89. The Morgan fingerprint density at radius 3 is 2.84 bits per heavy atom. The predicted octanol–water partition coefficient (Wildman–Crippen LogP) is 2.70. The van der Waals surface area contributed by atoms with Gasteiger partial charge in [0.15, 0.2) is 0 Å². The third kappa shape index (κ3) is 2.72. The van der Waals surface area contributed by atoms with Gasteiger partial charge >= 0.3 is 0 Å². The van der Waals surface area contributed by atoms with E-state index in [9.17, 15) is 4.79 Å². The molecule has 0 unspecified atom stereocenters. The van der Waals surface area contributed by atoms with Gasteiger partial charge in [-0.3, -0.25) is 4.79 Å². The predicted molar refractivity (Wildman–Crippen MR) is 75.2 cm³/mol. The Bertz CT molecular complexity index is 734. The third-order valence-corrected chi connectivity index (χ3v) is 3.62. The van der Waals surface area contributed by atoms with E-state index in [1.165, 1.54) is 11.3 Å². The normalized spacial score (nSPS) is 10.9. The number of hydrogen-bond acceptors (Lipinski definition) is 4. The summed E-state index contributed by atoms with van der Waals surface area (Å²) in [7, 11) is 0. The average molecular weight is 272 g/mol. The van der Waals surface area contributed by atoms with Gasteiger partial charge in [0.2, 0.25) is 0 Å². The van der Waals surface area contributed by atoms with Crippen molar-refractivity contribution in [2.24, 2.45) is 0 Å². The molecule has 1 N–H and O–H groups in total. The van der Waals surface area contributed by atoms with Gasteiger partial charge in [-0.05, 0) is 17.0 Å². The van der Waals surface area contributed by atoms with Crippen LogP contribution in [0.5, 0.6) is 0 Å². The first kappa shape index (κ1) is 12.1. The maximum Gasteiger partial charge on any atom is 0.268 e. The van der Waals surface area contributed by atoms with Gasteiger partial charge in [0.25, 0.3) is 5.56 Å². The van der Waals surface area contributed by atoms with Crippen molar-refractivity contribution in [2.75, 3.05) is 0 Å². The molecule has 0 aliphatic heterocycles. The van der Waals surface area contributed by atoms with Crippen LogP contribution in [-0.4, -0.2) is 9.97 Å². The number of thiophene rings is 1. The van der Waals surface area contributed by atoms with Gasteiger partial charge in [-0.25, -0.2) is 4.98 Å². The fraction of sp³-hybridized carbons (Fsp3) is 0.143. The Labute approximate surface area is 113 Å². The monoisotopic (exact) mass is 272 g/mol. The van der Waals surface area contributed by atoms with Crippen molar-refractivity contribution in [2.45, 2.75) is 13.2 Å². The molecular weight excluding hydrogens is 260 g/mol. The molecule has 96 valence electrons. The first-order valence-corrected chi connectivity index (χ1v) is 6.79. The number of H-pyrrole nitrogens is 1. The standard InChI is InChI=1S/C14H12N2O2S/c17-14-13-11(6-7-19-13)15-12(16-14)9-18-8-10-4-2-1-3-5-10/h1-7H,8-9H2,(H,15,16,17). The molecule has 0 radical (unpaired) electrons. The van der Waals surface area contributed by atoms with Gasteiger partial charge in [0.1, 0.15) is 17.1 Å². The molecule has 3 aromatic rings. The van der Waals surface area contributed by atoms with Gasteiger partial charge in [0.05, 0.1) is 12.1 Å². The summed E-state index contributed by atoms with van der Waals surface area (Å²) in [5.41, 5.74) is 1.73. The Balaban J connectivity index is 1.70. The van der Waals surface area contributed by atoms with Gasteiger partial charge in [-0.1, -0.05) is 30.3 Å². The number of hydrogen-bond donors (Lipinski definition) is 1. The Morgan fingerprint density at radius 1 is 1.16 bits per heavy atom. The molecule has 5 heteroatoms. The number of aromatic nitrogens is 2. The Hall–Kier alpha value is -1.98. The summed E-state index contributed by atoms with van der Waals surface area (Å²) in [4.78, 5) is 18.9. The lowest BCUT2D eigenvalue weighted by atomic mass is 10.2. The zero-order valence-corrected chi connectivity index (χ0v) is 10.9. The summed E-state index contributed by atoms with van der Waals surface area (Å²) >= 11 is 1.40. The first-order chi connectivity index (χ1) is 9.33. The van der Waals surface area contributed by atoms with Crippen LogP contribution in [0.2, 0.25) is 0 Å². The van der Waals surface area contributed by atoms with Crippen LogP contribution in [0.4, 0.5) is 0 Å². The van der Waals surface area contributed by atoms with Crippen LogP contribution in [0.3, 0.4) is 0 Å². The summed E-state index contributed by atoms with van der Waals surface area (Å²) in [6.07, 6.45) is 0. The van der Waals surface area contributed by atoms with Crippen molar-refractivity contribution in [3.05, 3.63) is 63.5 Å². The van der Waals surface area contributed by atoms with Crippen LogP contribution in [-0.2, 0) is 18.0 Å². The van der Waals surface area contributed by atoms with E-state index in [0.29, 0.717) is 23.7 Å². The van der Waals surface area contributed by atoms with E-state index in [4.69, 9.17) is 4.74 Å². The van der Waals surface area contributed by atoms with Crippen molar-refractivity contribution < 1.29 is 4.74 Å². The van der Waals surface area contributed by atoms with Crippen LogP contribution in [0, 0.1) is 0 Å². The van der Waals surface area contributed by atoms with Crippen LogP contribution < -0.4 is 5.56 Å². The van der Waals surface area contributed by atoms with E-state index in [0.717, 1.165) is 11.1 Å². The fourth-order valence-corrected chi connectivity index (χ4v) is 2.56. The maximum atomic E-state index is 11.8. The molecule has 0 aliphatic rings. The number of fused-ring (bicyclic) bond motifs is 1. The summed E-state index contributed by atoms with van der Waals surface area (Å²) in [6, 6.07) is 11.7. The van der Waals surface area contributed by atoms with E-state index in [-0.39, 0.29) is 5.56 Å². The highest BCUT2D eigenvalue weighted by atomic mass is 32.1. The Morgan fingerprint density at radius 2 is 2.00 bits per heavy atom. The number of nitrogens with zero attached hydrogens (tertiary/aromatic N) is 1. The minimum atomic E-state index is -0.0988. The van der Waals surface area contributed by atoms with Gasteiger partial charge in [0, 0.05) is 0 Å². The topological polar surface area (TPSA) is 55.0 Å². The molecule has 0 saturated carbocycles. The number of ether oxygens (including phenoxy) is 1. The molecule has 1 aromatic carbocycles. The zero-order valence-electron chi connectivity index (χ0n) is 10.1. The molecule has 0 amide bonds. The van der Waals surface area contributed by atoms with Crippen molar-refractivity contribution in [3.8, 4) is 0 Å². The van der Waals surface area contributed by atoms with Crippen LogP contribution in [0.15, 0.2) is 46.6 Å². The van der Waals surface area contributed by atoms with Gasteiger partial charge < -0.3 is 9.72 Å². The molecule has 19 heavy (non-hydrogen) atoms. The number of rotatable bonds is 4. The fourth-order valence-electron chi connectivity index (χ4n) is 1.83. The molecular formula is C14H12N2O2S. The summed E-state index contributed by atoms with van der Waals surface area (Å²) in [5, 5.41) is 1.86. The highest BCUT2D eigenvalue weighted by Crippen LogP contribution is 2.14. The van der Waals surface area contributed by atoms with E-state index in [1.807, 2.05) is 41.8 Å². The van der Waals surface area contributed by atoms with E-state index < -0.39 is 0 Å². The number of nitrogens with one attached hydrogen (secondary N) is 1. The Kier molecular flexibility index (Phi) is 3.39. The second-order valence-corrected chi connectivity index (χ2v) is 5.04. The van der Waals surface area contributed by atoms with Crippen LogP contribution >= 0.6 is 11.3 Å². The minimum Gasteiger partial charge on any atom is -0.369 e. The molecule has 2 aromatic heterocycles. The summed E-state index contributed by atoms with van der Waals surface area (Å²) in [6.45, 7) is 0.808. The van der Waals surface area contributed by atoms with Crippen LogP contribution in [0.1, 0.15) is 11.4 Å². The van der Waals surface area contributed by atoms with Crippen molar-refractivity contribution >= 4 is 21.6 Å². The van der Waals surface area contributed by atoms with E-state index >= 15 is 0 Å². The van der Waals surface area contributed by atoms with Crippen molar-refractivity contribution in [1.29, 1.82) is 0 Å². The van der Waals surface area contributed by atoms with Crippen molar-refractivity contribution in [1.82, 2.24) is 9.97 Å². The summed E-state index contributed by atoms with van der Waals surface area (Å²) in [5.74, 6) is 0.562. The highest BCUT2D eigenvalue weighted by Gasteiger charge is 2.04. The van der Waals surface area contributed by atoms with Crippen LogP contribution in [0.25, 0.3) is 10.2 Å². The van der Waals surface area contributed by atoms with E-state index in [2.05, 4.69) is 9.97 Å². The molecule has 0 fully saturated rings. The lowest BCUT2D eigenvalue weighted by molar-refractivity contribution is 0.102. The maximum absolute atomic E-state index is 11.8. The molecule has 3 rings (SSSR count). The molecule has 2 heterocycles. The second kappa shape index (κ2) is 5.34. The summed E-state index contributed by atoms with van der Waals surface area (Å²) < 4.78 is 6.22. The van der Waals surface area contributed by atoms with Gasteiger partial charge in [-0.15, -0.1) is 11.3 Å². The van der Waals surface area contributed by atoms with Gasteiger partial charge in [-0.2, -0.15) is 0 Å². The molecule has 0 atom stereocenters. The van der Waals surface area contributed by atoms with E-state index in [1.54, 1.807) is 0 Å². The molecule has 0 bridgehead atoms. The molecule has 0 aliphatic carbocycles. The molecule has 0 spiro atoms. The highest BCUT2D eigenvalue weighted by molar-refractivity contribution is 7.17. The third-order valence-electron chi connectivity index (χ3n) is 2.71. The smallest absolute Gasteiger partial charge is 0.268 e. The number of benzene rings is 1. The second-order valence-electron chi connectivity index (χ2n) is 4.13. The minimum absolute atomic E-state index is 0.0988. The SMILES string of the molecule is O=c1[nH]c(COCc2ccccc2)nc2ccsc12. The molecule has 0 saturated heterocycles. The lowest BCUT2D eigenvalue weighted by Gasteiger charge is -2.04. The first-order valence-electron chi connectivity index (χ1n) is 5.91. The largest absolute Gasteiger partial charge is 0.369 e. The quantitative estimate of drug-likeness (QED) is 0.794. The number of aromatic amines is 1.